The number of halogens is 1. The van der Waals surface area contributed by atoms with E-state index >= 15 is 0 Å². The SMILES string of the molecule is Br.CCCN=C(NCC)SCc1ccccc1. The van der Waals surface area contributed by atoms with Gasteiger partial charge in [-0.25, -0.2) is 0 Å². The Labute approximate surface area is 119 Å². The first-order valence-electron chi connectivity index (χ1n) is 5.81. The van der Waals surface area contributed by atoms with Gasteiger partial charge in [0, 0.05) is 18.8 Å². The Bertz CT molecular complexity index is 314. The first kappa shape index (κ1) is 16.5. The third-order valence-corrected chi connectivity index (χ3v) is 3.05. The average molecular weight is 317 g/mol. The van der Waals surface area contributed by atoms with Gasteiger partial charge in [0.1, 0.15) is 0 Å². The standard InChI is InChI=1S/C13H20N2S.BrH/c1-3-10-15-13(14-4-2)16-11-12-8-6-5-7-9-12;/h5-9H,3-4,10-11H2,1-2H3,(H,14,15);1H. The van der Waals surface area contributed by atoms with Crippen LogP contribution < -0.4 is 5.32 Å². The Morgan fingerprint density at radius 3 is 2.53 bits per heavy atom. The summed E-state index contributed by atoms with van der Waals surface area (Å²) >= 11 is 1.78. The summed E-state index contributed by atoms with van der Waals surface area (Å²) in [6, 6.07) is 10.5. The highest BCUT2D eigenvalue weighted by Gasteiger charge is 1.99. The molecule has 17 heavy (non-hydrogen) atoms. The zero-order chi connectivity index (χ0) is 11.6. The molecular weight excluding hydrogens is 296 g/mol. The molecule has 1 aromatic carbocycles. The van der Waals surface area contributed by atoms with Crippen molar-refractivity contribution in [2.75, 3.05) is 13.1 Å². The molecule has 0 unspecified atom stereocenters. The summed E-state index contributed by atoms with van der Waals surface area (Å²) in [6.45, 7) is 6.09. The minimum atomic E-state index is 0. The fourth-order valence-corrected chi connectivity index (χ4v) is 2.17. The summed E-state index contributed by atoms with van der Waals surface area (Å²) in [7, 11) is 0. The van der Waals surface area contributed by atoms with E-state index in [2.05, 4.69) is 48.4 Å². The van der Waals surface area contributed by atoms with Crippen molar-refractivity contribution in [2.24, 2.45) is 4.99 Å². The van der Waals surface area contributed by atoms with Gasteiger partial charge < -0.3 is 5.32 Å². The van der Waals surface area contributed by atoms with E-state index in [0.29, 0.717) is 0 Å². The van der Waals surface area contributed by atoms with Crippen molar-refractivity contribution in [1.82, 2.24) is 5.32 Å². The number of aliphatic imine (C=N–C) groups is 1. The molecule has 4 heteroatoms. The molecule has 1 rings (SSSR count). The predicted molar refractivity (Wildman–Crippen MR) is 84.3 cm³/mol. The third kappa shape index (κ3) is 7.45. The molecule has 0 saturated carbocycles. The number of amidine groups is 1. The van der Waals surface area contributed by atoms with Crippen LogP contribution in [-0.4, -0.2) is 18.3 Å². The number of rotatable bonds is 5. The fourth-order valence-electron chi connectivity index (χ4n) is 1.24. The molecule has 0 fully saturated rings. The Morgan fingerprint density at radius 1 is 1.24 bits per heavy atom. The fraction of sp³-hybridized carbons (Fsp3) is 0.462. The second-order valence-electron chi connectivity index (χ2n) is 3.49. The van der Waals surface area contributed by atoms with Crippen LogP contribution in [0, 0.1) is 0 Å². The second-order valence-corrected chi connectivity index (χ2v) is 4.46. The molecule has 2 nitrogen and oxygen atoms in total. The van der Waals surface area contributed by atoms with Gasteiger partial charge in [-0.2, -0.15) is 0 Å². The van der Waals surface area contributed by atoms with Gasteiger partial charge in [0.05, 0.1) is 0 Å². The Morgan fingerprint density at radius 2 is 1.94 bits per heavy atom. The van der Waals surface area contributed by atoms with Crippen molar-refractivity contribution in [3.63, 3.8) is 0 Å². The highest BCUT2D eigenvalue weighted by atomic mass is 79.9. The molecule has 0 aliphatic heterocycles. The van der Waals surface area contributed by atoms with Gasteiger partial charge in [-0.15, -0.1) is 17.0 Å². The summed E-state index contributed by atoms with van der Waals surface area (Å²) < 4.78 is 0. The molecule has 0 spiro atoms. The highest BCUT2D eigenvalue weighted by molar-refractivity contribution is 8.93. The van der Waals surface area contributed by atoms with Crippen LogP contribution in [0.1, 0.15) is 25.8 Å². The molecule has 1 N–H and O–H groups in total. The van der Waals surface area contributed by atoms with Crippen molar-refractivity contribution in [3.8, 4) is 0 Å². The minimum absolute atomic E-state index is 0. The Hall–Kier alpha value is -0.480. The Balaban J connectivity index is 0.00000256. The van der Waals surface area contributed by atoms with Gasteiger partial charge in [-0.1, -0.05) is 49.0 Å². The summed E-state index contributed by atoms with van der Waals surface area (Å²) in [5.41, 5.74) is 1.34. The second kappa shape index (κ2) is 10.7. The van der Waals surface area contributed by atoms with Crippen molar-refractivity contribution in [2.45, 2.75) is 26.0 Å². The van der Waals surface area contributed by atoms with Gasteiger partial charge in [0.15, 0.2) is 5.17 Å². The summed E-state index contributed by atoms with van der Waals surface area (Å²) in [6.07, 6.45) is 1.10. The topological polar surface area (TPSA) is 24.4 Å². The molecule has 0 bridgehead atoms. The number of hydrogen-bond donors (Lipinski definition) is 1. The first-order valence-corrected chi connectivity index (χ1v) is 6.80. The van der Waals surface area contributed by atoms with Crippen LogP contribution in [-0.2, 0) is 5.75 Å². The summed E-state index contributed by atoms with van der Waals surface area (Å²) in [4.78, 5) is 4.52. The molecule has 0 aromatic heterocycles. The van der Waals surface area contributed by atoms with Crippen LogP contribution in [0.5, 0.6) is 0 Å². The smallest absolute Gasteiger partial charge is 0.156 e. The number of hydrogen-bond acceptors (Lipinski definition) is 2. The largest absolute Gasteiger partial charge is 0.365 e. The van der Waals surface area contributed by atoms with Crippen LogP contribution >= 0.6 is 28.7 Å². The minimum Gasteiger partial charge on any atom is -0.365 e. The van der Waals surface area contributed by atoms with E-state index in [9.17, 15) is 0 Å². The van der Waals surface area contributed by atoms with Crippen LogP contribution in [0.25, 0.3) is 0 Å². The number of thioether (sulfide) groups is 1. The van der Waals surface area contributed by atoms with E-state index in [0.717, 1.165) is 30.4 Å². The third-order valence-electron chi connectivity index (χ3n) is 2.03. The van der Waals surface area contributed by atoms with E-state index in [1.165, 1.54) is 5.56 Å². The summed E-state index contributed by atoms with van der Waals surface area (Å²) in [5.74, 6) is 0.983. The highest BCUT2D eigenvalue weighted by Crippen LogP contribution is 2.12. The molecule has 0 saturated heterocycles. The number of nitrogens with zero attached hydrogens (tertiary/aromatic N) is 1. The molecule has 0 radical (unpaired) electrons. The quantitative estimate of drug-likeness (QED) is 0.658. The zero-order valence-corrected chi connectivity index (χ0v) is 13.0. The van der Waals surface area contributed by atoms with E-state index < -0.39 is 0 Å². The molecule has 0 aliphatic carbocycles. The zero-order valence-electron chi connectivity index (χ0n) is 10.5. The van der Waals surface area contributed by atoms with Crippen LogP contribution in [0.15, 0.2) is 35.3 Å². The lowest BCUT2D eigenvalue weighted by Gasteiger charge is -2.07. The van der Waals surface area contributed by atoms with Gasteiger partial charge in [0.2, 0.25) is 0 Å². The van der Waals surface area contributed by atoms with E-state index in [1.54, 1.807) is 11.8 Å². The first-order chi connectivity index (χ1) is 7.86. The van der Waals surface area contributed by atoms with Gasteiger partial charge in [-0.05, 0) is 18.9 Å². The van der Waals surface area contributed by atoms with Crippen molar-refractivity contribution in [3.05, 3.63) is 35.9 Å². The molecule has 96 valence electrons. The maximum Gasteiger partial charge on any atom is 0.156 e. The Kier molecular flexibility index (Phi) is 10.4. The normalized spacial score (nSPS) is 10.8. The van der Waals surface area contributed by atoms with Gasteiger partial charge in [-0.3, -0.25) is 4.99 Å². The average Bonchev–Trinajstić information content (AvgIpc) is 2.34. The molecular formula is C13H21BrN2S. The lowest BCUT2D eigenvalue weighted by molar-refractivity contribution is 0.907. The van der Waals surface area contributed by atoms with Crippen LogP contribution in [0.2, 0.25) is 0 Å². The van der Waals surface area contributed by atoms with Crippen LogP contribution in [0.3, 0.4) is 0 Å². The van der Waals surface area contributed by atoms with Crippen molar-refractivity contribution < 1.29 is 0 Å². The molecule has 0 heterocycles. The van der Waals surface area contributed by atoms with Crippen molar-refractivity contribution >= 4 is 33.9 Å². The van der Waals surface area contributed by atoms with Crippen molar-refractivity contribution in [1.29, 1.82) is 0 Å². The van der Waals surface area contributed by atoms with E-state index in [-0.39, 0.29) is 17.0 Å². The lowest BCUT2D eigenvalue weighted by Crippen LogP contribution is -2.20. The lowest BCUT2D eigenvalue weighted by atomic mass is 10.2. The predicted octanol–water partition coefficient (Wildman–Crippen LogP) is 3.87. The number of benzene rings is 1. The number of nitrogens with one attached hydrogen (secondary N) is 1. The van der Waals surface area contributed by atoms with E-state index in [1.807, 2.05) is 6.07 Å². The maximum atomic E-state index is 4.52. The van der Waals surface area contributed by atoms with Gasteiger partial charge >= 0.3 is 0 Å². The molecule has 0 aliphatic rings. The monoisotopic (exact) mass is 316 g/mol. The maximum absolute atomic E-state index is 4.52. The summed E-state index contributed by atoms with van der Waals surface area (Å²) in [5, 5.41) is 4.36. The molecule has 0 atom stereocenters. The van der Waals surface area contributed by atoms with Gasteiger partial charge in [0.25, 0.3) is 0 Å². The van der Waals surface area contributed by atoms with E-state index in [4.69, 9.17) is 0 Å². The molecule has 0 amide bonds. The molecule has 1 aromatic rings. The van der Waals surface area contributed by atoms with Crippen LogP contribution in [0.4, 0.5) is 0 Å².